The molecule has 1 amide bonds. The van der Waals surface area contributed by atoms with Crippen molar-refractivity contribution in [3.8, 4) is 5.82 Å². The fourth-order valence-corrected chi connectivity index (χ4v) is 2.52. The summed E-state index contributed by atoms with van der Waals surface area (Å²) in [5.41, 5.74) is 2.34. The van der Waals surface area contributed by atoms with Crippen LogP contribution in [0.15, 0.2) is 18.3 Å². The lowest BCUT2D eigenvalue weighted by atomic mass is 10.3. The lowest BCUT2D eigenvalue weighted by Crippen LogP contribution is -2.27. The molecule has 0 saturated carbocycles. The maximum atomic E-state index is 12.4. The topological polar surface area (TPSA) is 61.1 Å². The van der Waals surface area contributed by atoms with Gasteiger partial charge in [-0.05, 0) is 32.4 Å². The molecule has 9 heteroatoms. The van der Waals surface area contributed by atoms with E-state index >= 15 is 0 Å². The smallest absolute Gasteiger partial charge is 0.372 e. The summed E-state index contributed by atoms with van der Waals surface area (Å²) in [4.78, 5) is 12.4. The molecule has 0 aromatic carbocycles. The second-order valence-electron chi connectivity index (χ2n) is 5.73. The van der Waals surface area contributed by atoms with Crippen LogP contribution in [0.25, 0.3) is 5.82 Å². The van der Waals surface area contributed by atoms with Crippen LogP contribution in [0.1, 0.15) is 28.2 Å². The van der Waals surface area contributed by atoms with Crippen molar-refractivity contribution in [3.63, 3.8) is 0 Å². The maximum Gasteiger partial charge on any atom is 0.411 e. The van der Waals surface area contributed by atoms with Crippen molar-refractivity contribution in [3.05, 3.63) is 35.3 Å². The van der Waals surface area contributed by atoms with E-state index in [0.29, 0.717) is 17.8 Å². The Kier molecular flexibility index (Phi) is 5.89. The van der Waals surface area contributed by atoms with E-state index in [0.717, 1.165) is 11.4 Å². The minimum atomic E-state index is -4.33. The summed E-state index contributed by atoms with van der Waals surface area (Å²) in [7, 11) is 1.75. The third-order valence-corrected chi connectivity index (χ3v) is 3.65. The predicted octanol–water partition coefficient (Wildman–Crippen LogP) is 2.53. The third-order valence-electron chi connectivity index (χ3n) is 3.65. The molecular weight excluding hydrogens is 337 g/mol. The molecule has 0 atom stereocenters. The summed E-state index contributed by atoms with van der Waals surface area (Å²) in [6.45, 7) is 2.73. The van der Waals surface area contributed by atoms with Gasteiger partial charge >= 0.3 is 6.18 Å². The van der Waals surface area contributed by atoms with E-state index in [1.54, 1.807) is 11.7 Å². The second-order valence-corrected chi connectivity index (χ2v) is 5.73. The number of rotatable bonds is 7. The molecule has 0 aliphatic rings. The first kappa shape index (κ1) is 19.0. The zero-order valence-electron chi connectivity index (χ0n) is 14.4. The van der Waals surface area contributed by atoms with Crippen LogP contribution < -0.4 is 5.32 Å². The van der Waals surface area contributed by atoms with Gasteiger partial charge in [-0.1, -0.05) is 0 Å². The van der Waals surface area contributed by atoms with Gasteiger partial charge in [0.2, 0.25) is 0 Å². The summed E-state index contributed by atoms with van der Waals surface area (Å²) in [5.74, 6) is 0.317. The van der Waals surface area contributed by atoms with Crippen LogP contribution in [-0.2, 0) is 11.8 Å². The Bertz CT molecular complexity index is 715. The maximum absolute atomic E-state index is 12.4. The Morgan fingerprint density at radius 2 is 1.92 bits per heavy atom. The van der Waals surface area contributed by atoms with E-state index in [1.807, 2.05) is 30.5 Å². The summed E-state index contributed by atoms with van der Waals surface area (Å²) in [6, 6.07) is 3.89. The van der Waals surface area contributed by atoms with Crippen LogP contribution in [-0.4, -0.2) is 46.2 Å². The lowest BCUT2D eigenvalue weighted by molar-refractivity contribution is -0.173. The Morgan fingerprint density at radius 3 is 2.52 bits per heavy atom. The van der Waals surface area contributed by atoms with E-state index in [9.17, 15) is 18.0 Å². The lowest BCUT2D eigenvalue weighted by Gasteiger charge is -2.12. The van der Waals surface area contributed by atoms with Gasteiger partial charge in [0.15, 0.2) is 0 Å². The highest BCUT2D eigenvalue weighted by molar-refractivity contribution is 5.97. The van der Waals surface area contributed by atoms with Gasteiger partial charge in [-0.25, -0.2) is 0 Å². The van der Waals surface area contributed by atoms with E-state index in [2.05, 4.69) is 15.2 Å². The first-order valence-electron chi connectivity index (χ1n) is 7.80. The van der Waals surface area contributed by atoms with Crippen molar-refractivity contribution < 1.29 is 22.7 Å². The number of nitrogens with zero attached hydrogens (tertiary/aromatic N) is 3. The predicted molar refractivity (Wildman–Crippen MR) is 85.8 cm³/mol. The molecule has 1 N–H and O–H groups in total. The number of halogens is 3. The molecule has 0 saturated heterocycles. The monoisotopic (exact) mass is 358 g/mol. The Balaban J connectivity index is 1.95. The Morgan fingerprint density at radius 1 is 1.28 bits per heavy atom. The van der Waals surface area contributed by atoms with Crippen LogP contribution in [0.3, 0.4) is 0 Å². The largest absolute Gasteiger partial charge is 0.411 e. The van der Waals surface area contributed by atoms with E-state index < -0.39 is 12.8 Å². The first-order valence-corrected chi connectivity index (χ1v) is 7.80. The third kappa shape index (κ3) is 4.85. The molecule has 2 aromatic rings. The first-order chi connectivity index (χ1) is 11.7. The molecule has 0 radical (unpaired) electrons. The van der Waals surface area contributed by atoms with Gasteiger partial charge in [-0.2, -0.15) is 18.3 Å². The summed E-state index contributed by atoms with van der Waals surface area (Å²) >= 11 is 0. The number of hydrogen-bond acceptors (Lipinski definition) is 3. The number of aromatic nitrogens is 3. The Hall–Kier alpha value is -2.29. The molecule has 0 aliphatic carbocycles. The average Bonchev–Trinajstić information content (AvgIpc) is 3.04. The van der Waals surface area contributed by atoms with Gasteiger partial charge in [0.1, 0.15) is 18.0 Å². The molecule has 0 spiro atoms. The number of hydrogen-bond donors (Lipinski definition) is 1. The van der Waals surface area contributed by atoms with Crippen LogP contribution in [0.2, 0.25) is 0 Å². The SMILES string of the molecule is Cc1ccc(C)n1-c1c(C(=O)NCCCOCC(F)(F)F)cnn1C. The molecule has 0 unspecified atom stereocenters. The number of alkyl halides is 3. The molecule has 0 fully saturated rings. The number of carbonyl (C=O) groups is 1. The van der Waals surface area contributed by atoms with Crippen molar-refractivity contribution in [1.82, 2.24) is 19.7 Å². The standard InChI is InChI=1S/C16H21F3N4O2/c1-11-5-6-12(2)23(11)15-13(9-21-22(15)3)14(24)20-7-4-8-25-10-16(17,18)19/h5-6,9H,4,7-8,10H2,1-3H3,(H,20,24). The number of nitrogens with one attached hydrogen (secondary N) is 1. The number of carbonyl (C=O) groups excluding carboxylic acids is 1. The van der Waals surface area contributed by atoms with Crippen LogP contribution in [0, 0.1) is 13.8 Å². The molecule has 2 rings (SSSR count). The van der Waals surface area contributed by atoms with Gasteiger partial charge in [0, 0.05) is 31.6 Å². The van der Waals surface area contributed by atoms with Crippen LogP contribution in [0.5, 0.6) is 0 Å². The summed E-state index contributed by atoms with van der Waals surface area (Å²) in [6.07, 6.45) is -2.57. The summed E-state index contributed by atoms with van der Waals surface area (Å²) < 4.78 is 43.9. The van der Waals surface area contributed by atoms with E-state index in [4.69, 9.17) is 0 Å². The summed E-state index contributed by atoms with van der Waals surface area (Å²) in [5, 5.41) is 6.83. The van der Waals surface area contributed by atoms with Gasteiger partial charge in [0.25, 0.3) is 5.91 Å². The van der Waals surface area contributed by atoms with Crippen LogP contribution >= 0.6 is 0 Å². The molecule has 2 heterocycles. The number of aryl methyl sites for hydroxylation is 3. The average molecular weight is 358 g/mol. The quantitative estimate of drug-likeness (QED) is 0.774. The minimum absolute atomic E-state index is 0.0739. The van der Waals surface area contributed by atoms with Gasteiger partial charge in [-0.3, -0.25) is 9.48 Å². The number of amides is 1. The molecular formula is C16H21F3N4O2. The molecule has 6 nitrogen and oxygen atoms in total. The van der Waals surface area contributed by atoms with Gasteiger partial charge in [0.05, 0.1) is 6.20 Å². The highest BCUT2D eigenvalue weighted by Gasteiger charge is 2.27. The van der Waals surface area contributed by atoms with Crippen molar-refractivity contribution in [2.24, 2.45) is 7.05 Å². The zero-order chi connectivity index (χ0) is 18.6. The van der Waals surface area contributed by atoms with Crippen molar-refractivity contribution in [2.45, 2.75) is 26.4 Å². The fraction of sp³-hybridized carbons (Fsp3) is 0.500. The number of ether oxygens (including phenoxy) is 1. The molecule has 0 aliphatic heterocycles. The molecule has 138 valence electrons. The van der Waals surface area contributed by atoms with Crippen molar-refractivity contribution in [2.75, 3.05) is 19.8 Å². The van der Waals surface area contributed by atoms with Crippen LogP contribution in [0.4, 0.5) is 13.2 Å². The second kappa shape index (κ2) is 7.73. The molecule has 0 bridgehead atoms. The highest BCUT2D eigenvalue weighted by Crippen LogP contribution is 2.19. The minimum Gasteiger partial charge on any atom is -0.372 e. The normalized spacial score (nSPS) is 11.8. The van der Waals surface area contributed by atoms with Crippen molar-refractivity contribution >= 4 is 5.91 Å². The molecule has 25 heavy (non-hydrogen) atoms. The van der Waals surface area contributed by atoms with E-state index in [1.165, 1.54) is 6.20 Å². The zero-order valence-corrected chi connectivity index (χ0v) is 14.4. The van der Waals surface area contributed by atoms with Crippen molar-refractivity contribution in [1.29, 1.82) is 0 Å². The van der Waals surface area contributed by atoms with E-state index in [-0.39, 0.29) is 19.1 Å². The van der Waals surface area contributed by atoms with Gasteiger partial charge < -0.3 is 14.6 Å². The van der Waals surface area contributed by atoms with Gasteiger partial charge in [-0.15, -0.1) is 0 Å². The Labute approximate surface area is 143 Å². The highest BCUT2D eigenvalue weighted by atomic mass is 19.4. The molecule has 2 aromatic heterocycles. The fourth-order valence-electron chi connectivity index (χ4n) is 2.52.